The zero-order chi connectivity index (χ0) is 11.6. The molecule has 0 spiro atoms. The average Bonchev–Trinajstić information content (AvgIpc) is 2.16. The van der Waals surface area contributed by atoms with Crippen molar-refractivity contribution in [2.24, 2.45) is 0 Å². The van der Waals surface area contributed by atoms with Crippen molar-refractivity contribution in [3.63, 3.8) is 0 Å². The fourth-order valence-corrected chi connectivity index (χ4v) is 0.946. The molecule has 1 heterocycles. The quantitative estimate of drug-likeness (QED) is 0.589. The number of hydrogen-bond donors (Lipinski definition) is 1. The normalized spacial score (nSPS) is 10.0. The van der Waals surface area contributed by atoms with E-state index in [9.17, 15) is 23.7 Å². The van der Waals surface area contributed by atoms with Crippen molar-refractivity contribution in [3.05, 3.63) is 37.7 Å². The third-order valence-electron chi connectivity index (χ3n) is 1.62. The van der Waals surface area contributed by atoms with E-state index in [-0.39, 0.29) is 0 Å². The summed E-state index contributed by atoms with van der Waals surface area (Å²) in [7, 11) is 0. The molecular weight excluding hydrogens is 212 g/mol. The smallest absolute Gasteiger partial charge is 0.342 e. The minimum Gasteiger partial charge on any atom is -0.358 e. The van der Waals surface area contributed by atoms with E-state index in [1.807, 2.05) is 4.98 Å². The van der Waals surface area contributed by atoms with E-state index in [0.29, 0.717) is 6.20 Å². The maximum absolute atomic E-state index is 12.2. The van der Waals surface area contributed by atoms with Gasteiger partial charge >= 0.3 is 5.82 Å². The summed E-state index contributed by atoms with van der Waals surface area (Å²) in [5.74, 6) is -0.883. The van der Waals surface area contributed by atoms with Gasteiger partial charge in [0.05, 0.1) is 0 Å². The van der Waals surface area contributed by atoms with Gasteiger partial charge in [-0.3, -0.25) is 4.79 Å². The Morgan fingerprint density at radius 2 is 2.20 bits per heavy atom. The number of nitro groups is 1. The highest BCUT2D eigenvalue weighted by molar-refractivity contribution is 5.44. The topological polar surface area (TPSA) is 99.8 Å². The average molecular weight is 215 g/mol. The molecule has 0 saturated carbocycles. The second-order valence-electron chi connectivity index (χ2n) is 2.47. The Labute approximate surface area is 80.9 Å². The van der Waals surface area contributed by atoms with E-state index in [1.165, 1.54) is 6.07 Å². The molecule has 1 N–H and O–H groups in total. The van der Waals surface area contributed by atoms with Crippen molar-refractivity contribution in [1.29, 1.82) is 5.26 Å². The van der Waals surface area contributed by atoms with E-state index < -0.39 is 33.7 Å². The summed E-state index contributed by atoms with van der Waals surface area (Å²) in [6.07, 6.45) is -2.55. The number of nitrogens with zero attached hydrogens (tertiary/aromatic N) is 2. The van der Waals surface area contributed by atoms with Crippen LogP contribution in [0.3, 0.4) is 0 Å². The first-order valence-corrected chi connectivity index (χ1v) is 3.57. The van der Waals surface area contributed by atoms with Crippen molar-refractivity contribution >= 4 is 5.82 Å². The fraction of sp³-hybridized carbons (Fsp3) is 0.143. The Bertz CT molecular complexity index is 503. The van der Waals surface area contributed by atoms with Gasteiger partial charge in [-0.05, 0) is 4.92 Å². The Hall–Kier alpha value is -2.30. The molecule has 0 aliphatic rings. The highest BCUT2D eigenvalue weighted by Crippen LogP contribution is 2.17. The van der Waals surface area contributed by atoms with E-state index in [1.54, 1.807) is 0 Å². The van der Waals surface area contributed by atoms with E-state index in [4.69, 9.17) is 5.26 Å². The number of nitriles is 1. The molecule has 0 aliphatic carbocycles. The first kappa shape index (κ1) is 10.8. The van der Waals surface area contributed by atoms with Crippen LogP contribution < -0.4 is 5.43 Å². The van der Waals surface area contributed by atoms with Crippen LogP contribution in [0.4, 0.5) is 14.6 Å². The van der Waals surface area contributed by atoms with Crippen molar-refractivity contribution in [2.45, 2.75) is 6.43 Å². The number of halogens is 2. The van der Waals surface area contributed by atoms with Crippen LogP contribution in [-0.4, -0.2) is 9.91 Å². The maximum atomic E-state index is 12.2. The first-order valence-electron chi connectivity index (χ1n) is 3.57. The lowest BCUT2D eigenvalue weighted by atomic mass is 10.2. The van der Waals surface area contributed by atoms with Crippen LogP contribution >= 0.6 is 0 Å². The summed E-state index contributed by atoms with van der Waals surface area (Å²) in [4.78, 5) is 22.3. The molecule has 1 aromatic rings. The van der Waals surface area contributed by atoms with Crippen LogP contribution in [0.15, 0.2) is 11.0 Å². The minimum absolute atomic E-state index is 0.534. The number of aromatic nitrogens is 1. The lowest BCUT2D eigenvalue weighted by Gasteiger charge is -1.99. The second-order valence-corrected chi connectivity index (χ2v) is 2.47. The maximum Gasteiger partial charge on any atom is 0.342 e. The van der Waals surface area contributed by atoms with E-state index in [2.05, 4.69) is 0 Å². The summed E-state index contributed by atoms with van der Waals surface area (Å²) in [6, 6.07) is 1.22. The molecule has 0 amide bonds. The Kier molecular flexibility index (Phi) is 2.75. The predicted molar refractivity (Wildman–Crippen MR) is 43.4 cm³/mol. The van der Waals surface area contributed by atoms with Crippen LogP contribution in [0.1, 0.15) is 17.6 Å². The molecule has 0 saturated heterocycles. The minimum atomic E-state index is -3.08. The summed E-state index contributed by atoms with van der Waals surface area (Å²) in [5.41, 5.74) is -3.20. The fourth-order valence-electron chi connectivity index (χ4n) is 0.946. The number of nitrogens with one attached hydrogen (secondary N) is 1. The van der Waals surface area contributed by atoms with Crippen molar-refractivity contribution in [1.82, 2.24) is 4.98 Å². The van der Waals surface area contributed by atoms with Crippen LogP contribution in [-0.2, 0) is 0 Å². The Balaban J connectivity index is 3.56. The molecule has 6 nitrogen and oxygen atoms in total. The number of pyridine rings is 1. The number of hydrogen-bond acceptors (Lipinski definition) is 4. The zero-order valence-electron chi connectivity index (χ0n) is 7.03. The number of H-pyrrole nitrogens is 1. The van der Waals surface area contributed by atoms with Gasteiger partial charge in [0.2, 0.25) is 5.43 Å². The van der Waals surface area contributed by atoms with Crippen LogP contribution in [0, 0.1) is 21.4 Å². The first-order chi connectivity index (χ1) is 6.99. The summed E-state index contributed by atoms with van der Waals surface area (Å²) in [5, 5.41) is 18.7. The van der Waals surface area contributed by atoms with Gasteiger partial charge in [-0.2, -0.15) is 5.26 Å². The molecule has 1 aromatic heterocycles. The molecule has 0 aliphatic heterocycles. The highest BCUT2D eigenvalue weighted by atomic mass is 19.3. The Morgan fingerprint density at radius 3 is 2.60 bits per heavy atom. The van der Waals surface area contributed by atoms with Crippen LogP contribution in [0.25, 0.3) is 0 Å². The lowest BCUT2D eigenvalue weighted by Crippen LogP contribution is -2.16. The van der Waals surface area contributed by atoms with Gasteiger partial charge in [-0.1, -0.05) is 0 Å². The molecule has 0 aromatic carbocycles. The zero-order valence-corrected chi connectivity index (χ0v) is 7.03. The predicted octanol–water partition coefficient (Wildman–Crippen LogP) is 1.09. The molecule has 0 fully saturated rings. The van der Waals surface area contributed by atoms with Gasteiger partial charge < -0.3 is 10.1 Å². The second kappa shape index (κ2) is 3.83. The van der Waals surface area contributed by atoms with Gasteiger partial charge in [-0.15, -0.1) is 0 Å². The largest absolute Gasteiger partial charge is 0.358 e. The van der Waals surface area contributed by atoms with E-state index >= 15 is 0 Å². The molecule has 0 unspecified atom stereocenters. The van der Waals surface area contributed by atoms with Crippen LogP contribution in [0.5, 0.6) is 0 Å². The summed E-state index contributed by atoms with van der Waals surface area (Å²) in [6.45, 7) is 0. The molecule has 0 bridgehead atoms. The SMILES string of the molecule is N#Cc1c([N+](=O)[O-])[nH]cc(C(F)F)c1=O. The lowest BCUT2D eigenvalue weighted by molar-refractivity contribution is -0.389. The van der Waals surface area contributed by atoms with Crippen molar-refractivity contribution in [2.75, 3.05) is 0 Å². The van der Waals surface area contributed by atoms with Gasteiger partial charge in [-0.25, -0.2) is 13.8 Å². The number of alkyl halides is 2. The number of aromatic amines is 1. The standard InChI is InChI=1S/C7H3F2N3O3/c8-6(9)4-2-11-7(12(14)15)3(1-10)5(4)13/h2,6H,(H,11,13). The van der Waals surface area contributed by atoms with Gasteiger partial charge in [0.25, 0.3) is 6.43 Å². The van der Waals surface area contributed by atoms with Gasteiger partial charge in [0.1, 0.15) is 17.8 Å². The highest BCUT2D eigenvalue weighted by Gasteiger charge is 2.23. The monoisotopic (exact) mass is 215 g/mol. The molecule has 8 heteroatoms. The third kappa shape index (κ3) is 1.80. The van der Waals surface area contributed by atoms with Gasteiger partial charge in [0.15, 0.2) is 5.56 Å². The molecule has 78 valence electrons. The number of rotatable bonds is 2. The van der Waals surface area contributed by atoms with Crippen LogP contribution in [0.2, 0.25) is 0 Å². The summed E-state index contributed by atoms with van der Waals surface area (Å²) >= 11 is 0. The van der Waals surface area contributed by atoms with Gasteiger partial charge in [0, 0.05) is 0 Å². The van der Waals surface area contributed by atoms with Crippen molar-refractivity contribution in [3.8, 4) is 6.07 Å². The van der Waals surface area contributed by atoms with E-state index in [0.717, 1.165) is 0 Å². The molecule has 1 rings (SSSR count). The van der Waals surface area contributed by atoms with Crippen molar-refractivity contribution < 1.29 is 13.7 Å². The molecule has 0 radical (unpaired) electrons. The third-order valence-corrected chi connectivity index (χ3v) is 1.62. The summed E-state index contributed by atoms with van der Waals surface area (Å²) < 4.78 is 24.4. The molecular formula is C7H3F2N3O3. The Morgan fingerprint density at radius 1 is 1.60 bits per heavy atom. The molecule has 15 heavy (non-hydrogen) atoms. The molecule has 0 atom stereocenters.